The van der Waals surface area contributed by atoms with E-state index in [0.29, 0.717) is 13.0 Å². The third-order valence-corrected chi connectivity index (χ3v) is 6.00. The maximum atomic E-state index is 13.1. The summed E-state index contributed by atoms with van der Waals surface area (Å²) in [6.45, 7) is 2.39. The molecule has 0 bridgehead atoms. The van der Waals surface area contributed by atoms with E-state index in [9.17, 15) is 14.4 Å². The highest BCUT2D eigenvalue weighted by atomic mass is 16.2. The fraction of sp³-hybridized carbons (Fsp3) is 0.400. The Balaban J connectivity index is 1.45. The Morgan fingerprint density at radius 3 is 2.48 bits per heavy atom. The molecule has 2 atom stereocenters. The fourth-order valence-corrected chi connectivity index (χ4v) is 4.07. The van der Waals surface area contributed by atoms with Gasteiger partial charge in [-0.2, -0.15) is 0 Å². The van der Waals surface area contributed by atoms with Gasteiger partial charge in [0.25, 0.3) is 0 Å². The normalized spacial score (nSPS) is 19.2. The minimum Gasteiger partial charge on any atom is -0.352 e. The summed E-state index contributed by atoms with van der Waals surface area (Å²) in [6, 6.07) is 17.0. The van der Waals surface area contributed by atoms with E-state index in [0.717, 1.165) is 36.1 Å². The van der Waals surface area contributed by atoms with Crippen LogP contribution >= 0.6 is 0 Å². The lowest BCUT2D eigenvalue weighted by Crippen LogP contribution is -2.50. The van der Waals surface area contributed by atoms with Crippen LogP contribution in [0.5, 0.6) is 0 Å². The Bertz CT molecular complexity index is 955. The Hall–Kier alpha value is -3.15. The zero-order valence-electron chi connectivity index (χ0n) is 17.8. The van der Waals surface area contributed by atoms with Crippen molar-refractivity contribution in [2.24, 2.45) is 5.92 Å². The standard InChI is InChI=1S/C25H29N3O3/c1-2-18-10-6-7-11-22(18)28-16-19(15-23(28)29)24(30)27-21(25(31)26-20-12-13-20)14-17-8-4-3-5-9-17/h3-11,19-21H,2,12-16H2,1H3,(H,26,31)(H,27,30). The second-order valence-electron chi connectivity index (χ2n) is 8.42. The van der Waals surface area contributed by atoms with Crippen LogP contribution in [0.1, 0.15) is 37.3 Å². The molecule has 2 fully saturated rings. The summed E-state index contributed by atoms with van der Waals surface area (Å²) in [5.74, 6) is -0.915. The summed E-state index contributed by atoms with van der Waals surface area (Å²) >= 11 is 0. The van der Waals surface area contributed by atoms with Crippen molar-refractivity contribution in [3.8, 4) is 0 Å². The Morgan fingerprint density at radius 2 is 1.77 bits per heavy atom. The van der Waals surface area contributed by atoms with Crippen LogP contribution in [0.15, 0.2) is 54.6 Å². The number of carbonyl (C=O) groups is 3. The van der Waals surface area contributed by atoms with Gasteiger partial charge in [-0.25, -0.2) is 0 Å². The maximum Gasteiger partial charge on any atom is 0.243 e. The summed E-state index contributed by atoms with van der Waals surface area (Å²) < 4.78 is 0. The predicted molar refractivity (Wildman–Crippen MR) is 120 cm³/mol. The molecular formula is C25H29N3O3. The van der Waals surface area contributed by atoms with Crippen molar-refractivity contribution in [1.82, 2.24) is 10.6 Å². The molecule has 4 rings (SSSR count). The van der Waals surface area contributed by atoms with E-state index in [1.807, 2.05) is 54.6 Å². The summed E-state index contributed by atoms with van der Waals surface area (Å²) in [6.07, 6.45) is 3.37. The molecule has 3 amide bonds. The van der Waals surface area contributed by atoms with Crippen LogP contribution in [0.2, 0.25) is 0 Å². The number of amides is 3. The minimum absolute atomic E-state index is 0.0527. The fourth-order valence-electron chi connectivity index (χ4n) is 4.07. The average Bonchev–Trinajstić information content (AvgIpc) is 3.52. The van der Waals surface area contributed by atoms with E-state index in [1.54, 1.807) is 4.90 Å². The van der Waals surface area contributed by atoms with Crippen LogP contribution in [0.4, 0.5) is 5.69 Å². The molecule has 31 heavy (non-hydrogen) atoms. The van der Waals surface area contributed by atoms with Gasteiger partial charge in [-0.3, -0.25) is 14.4 Å². The van der Waals surface area contributed by atoms with Crippen molar-refractivity contribution >= 4 is 23.4 Å². The molecule has 2 aromatic rings. The first kappa shape index (κ1) is 21.1. The molecular weight excluding hydrogens is 390 g/mol. The largest absolute Gasteiger partial charge is 0.352 e. The molecule has 0 radical (unpaired) electrons. The number of aryl methyl sites for hydroxylation is 1. The molecule has 1 aliphatic heterocycles. The highest BCUT2D eigenvalue weighted by molar-refractivity contribution is 6.01. The number of hydrogen-bond donors (Lipinski definition) is 2. The number of anilines is 1. The number of para-hydroxylation sites is 1. The van der Waals surface area contributed by atoms with Crippen molar-refractivity contribution in [2.45, 2.75) is 51.1 Å². The van der Waals surface area contributed by atoms with E-state index < -0.39 is 12.0 Å². The van der Waals surface area contributed by atoms with Crippen molar-refractivity contribution in [3.05, 3.63) is 65.7 Å². The number of nitrogens with one attached hydrogen (secondary N) is 2. The molecule has 1 saturated heterocycles. The first-order valence-corrected chi connectivity index (χ1v) is 11.1. The molecule has 162 valence electrons. The molecule has 1 heterocycles. The van der Waals surface area contributed by atoms with Gasteiger partial charge < -0.3 is 15.5 Å². The Kier molecular flexibility index (Phi) is 6.35. The number of rotatable bonds is 8. The average molecular weight is 420 g/mol. The van der Waals surface area contributed by atoms with Gasteiger partial charge >= 0.3 is 0 Å². The van der Waals surface area contributed by atoms with Crippen LogP contribution in [0.3, 0.4) is 0 Å². The molecule has 0 spiro atoms. The molecule has 1 aliphatic carbocycles. The summed E-state index contributed by atoms with van der Waals surface area (Å²) in [7, 11) is 0. The molecule has 6 heteroatoms. The van der Waals surface area contributed by atoms with E-state index >= 15 is 0 Å². The van der Waals surface area contributed by atoms with Crippen molar-refractivity contribution in [3.63, 3.8) is 0 Å². The number of benzene rings is 2. The summed E-state index contributed by atoms with van der Waals surface area (Å²) in [5.41, 5.74) is 2.94. The second kappa shape index (κ2) is 9.33. The highest BCUT2D eigenvalue weighted by Gasteiger charge is 2.37. The van der Waals surface area contributed by atoms with Gasteiger partial charge in [-0.05, 0) is 36.5 Å². The predicted octanol–water partition coefficient (Wildman–Crippen LogP) is 2.61. The summed E-state index contributed by atoms with van der Waals surface area (Å²) in [5, 5.41) is 5.93. The summed E-state index contributed by atoms with van der Waals surface area (Å²) in [4.78, 5) is 40.2. The van der Waals surface area contributed by atoms with Crippen molar-refractivity contribution in [1.29, 1.82) is 0 Å². The number of nitrogens with zero attached hydrogens (tertiary/aromatic N) is 1. The van der Waals surface area contributed by atoms with Crippen LogP contribution in [-0.4, -0.2) is 36.3 Å². The van der Waals surface area contributed by atoms with Gasteiger partial charge in [0.05, 0.1) is 5.92 Å². The lowest BCUT2D eigenvalue weighted by Gasteiger charge is -2.22. The lowest BCUT2D eigenvalue weighted by molar-refractivity contribution is -0.131. The Labute approximate surface area is 183 Å². The van der Waals surface area contributed by atoms with Gasteiger partial charge in [-0.1, -0.05) is 55.5 Å². The van der Waals surface area contributed by atoms with Gasteiger partial charge in [-0.15, -0.1) is 0 Å². The molecule has 6 nitrogen and oxygen atoms in total. The molecule has 2 unspecified atom stereocenters. The molecule has 2 aromatic carbocycles. The molecule has 1 saturated carbocycles. The van der Waals surface area contributed by atoms with Crippen LogP contribution in [0.25, 0.3) is 0 Å². The van der Waals surface area contributed by atoms with E-state index in [1.165, 1.54) is 0 Å². The first-order chi connectivity index (χ1) is 15.0. The topological polar surface area (TPSA) is 78.5 Å². The maximum absolute atomic E-state index is 13.1. The second-order valence-corrected chi connectivity index (χ2v) is 8.42. The Morgan fingerprint density at radius 1 is 1.06 bits per heavy atom. The van der Waals surface area contributed by atoms with Gasteiger partial charge in [0, 0.05) is 31.1 Å². The van der Waals surface area contributed by atoms with Gasteiger partial charge in [0.15, 0.2) is 0 Å². The zero-order chi connectivity index (χ0) is 21.8. The highest BCUT2D eigenvalue weighted by Crippen LogP contribution is 2.28. The van der Waals surface area contributed by atoms with Gasteiger partial charge in [0.1, 0.15) is 6.04 Å². The zero-order valence-corrected chi connectivity index (χ0v) is 17.8. The quantitative estimate of drug-likeness (QED) is 0.690. The molecule has 2 N–H and O–H groups in total. The SMILES string of the molecule is CCc1ccccc1N1CC(C(=O)NC(Cc2ccccc2)C(=O)NC2CC2)CC1=O. The van der Waals surface area contributed by atoms with Crippen LogP contribution in [-0.2, 0) is 27.2 Å². The van der Waals surface area contributed by atoms with Crippen molar-refractivity contribution < 1.29 is 14.4 Å². The molecule has 0 aromatic heterocycles. The van der Waals surface area contributed by atoms with E-state index in [2.05, 4.69) is 17.6 Å². The van der Waals surface area contributed by atoms with E-state index in [-0.39, 0.29) is 30.2 Å². The van der Waals surface area contributed by atoms with Crippen molar-refractivity contribution in [2.75, 3.05) is 11.4 Å². The lowest BCUT2D eigenvalue weighted by atomic mass is 10.0. The van der Waals surface area contributed by atoms with Gasteiger partial charge in [0.2, 0.25) is 17.7 Å². The minimum atomic E-state index is -0.650. The molecule has 2 aliphatic rings. The number of carbonyl (C=O) groups excluding carboxylic acids is 3. The van der Waals surface area contributed by atoms with E-state index in [4.69, 9.17) is 0 Å². The monoisotopic (exact) mass is 419 g/mol. The third kappa shape index (κ3) is 5.13. The first-order valence-electron chi connectivity index (χ1n) is 11.1. The van der Waals surface area contributed by atoms with Crippen LogP contribution in [0, 0.1) is 5.92 Å². The smallest absolute Gasteiger partial charge is 0.243 e. The number of hydrogen-bond acceptors (Lipinski definition) is 3. The third-order valence-electron chi connectivity index (χ3n) is 6.00. The van der Waals surface area contributed by atoms with Crippen LogP contribution < -0.4 is 15.5 Å².